The van der Waals surface area contributed by atoms with Crippen LogP contribution in [0.3, 0.4) is 0 Å². The van der Waals surface area contributed by atoms with Gasteiger partial charge >= 0.3 is 0 Å². The third-order valence-electron chi connectivity index (χ3n) is 4.13. The van der Waals surface area contributed by atoms with Crippen LogP contribution in [0.1, 0.15) is 32.3 Å². The van der Waals surface area contributed by atoms with Gasteiger partial charge in [-0.15, -0.1) is 0 Å². The summed E-state index contributed by atoms with van der Waals surface area (Å²) in [7, 11) is 1.95. The second-order valence-corrected chi connectivity index (χ2v) is 5.55. The lowest BCUT2D eigenvalue weighted by Gasteiger charge is -2.22. The summed E-state index contributed by atoms with van der Waals surface area (Å²) in [6, 6.07) is 7.69. The third-order valence-corrected chi connectivity index (χ3v) is 4.13. The van der Waals surface area contributed by atoms with Crippen molar-refractivity contribution < 1.29 is 4.74 Å². The standard InChI is InChI=1S/C15H17NO2/c1-9-12-13(17)10-7-5-6-8-11(10)16(4)14(12)18-15(9,2)3/h5-9H,1-4H3/t9-/m0/s1. The average Bonchev–Trinajstić information content (AvgIpc) is 2.58. The summed E-state index contributed by atoms with van der Waals surface area (Å²) in [5, 5.41) is 0.770. The molecule has 94 valence electrons. The molecule has 0 amide bonds. The Morgan fingerprint density at radius 3 is 2.67 bits per heavy atom. The van der Waals surface area contributed by atoms with E-state index in [0.29, 0.717) is 0 Å². The largest absolute Gasteiger partial charge is 0.472 e. The van der Waals surface area contributed by atoms with Gasteiger partial charge in [-0.25, -0.2) is 0 Å². The minimum absolute atomic E-state index is 0.107. The fourth-order valence-electron chi connectivity index (χ4n) is 2.68. The summed E-state index contributed by atoms with van der Waals surface area (Å²) in [6.07, 6.45) is 0. The minimum Gasteiger partial charge on any atom is -0.472 e. The number of hydrogen-bond donors (Lipinski definition) is 0. The average molecular weight is 243 g/mol. The van der Waals surface area contributed by atoms with Crippen molar-refractivity contribution in [1.82, 2.24) is 4.57 Å². The zero-order valence-corrected chi connectivity index (χ0v) is 11.2. The van der Waals surface area contributed by atoms with Crippen LogP contribution >= 0.6 is 0 Å². The Labute approximate surface area is 106 Å². The topological polar surface area (TPSA) is 31.2 Å². The lowest BCUT2D eigenvalue weighted by atomic mass is 9.88. The quantitative estimate of drug-likeness (QED) is 0.712. The molecule has 1 aliphatic rings. The zero-order chi connectivity index (χ0) is 13.1. The molecule has 1 aliphatic heterocycles. The fourth-order valence-corrected chi connectivity index (χ4v) is 2.68. The SMILES string of the molecule is C[C@H]1c2c(n(C)c3ccccc3c2=O)OC1(C)C. The van der Waals surface area contributed by atoms with Gasteiger partial charge in [0, 0.05) is 18.4 Å². The van der Waals surface area contributed by atoms with Crippen molar-refractivity contribution in [3.63, 3.8) is 0 Å². The first-order valence-electron chi connectivity index (χ1n) is 6.24. The Bertz CT molecular complexity index is 697. The molecule has 3 heteroatoms. The molecule has 3 rings (SSSR count). The van der Waals surface area contributed by atoms with Gasteiger partial charge in [0.15, 0.2) is 5.43 Å². The summed E-state index contributed by atoms with van der Waals surface area (Å²) in [5.74, 6) is 0.826. The van der Waals surface area contributed by atoms with Gasteiger partial charge in [-0.2, -0.15) is 0 Å². The molecule has 2 aromatic rings. The van der Waals surface area contributed by atoms with Crippen molar-refractivity contribution in [2.24, 2.45) is 7.05 Å². The predicted octanol–water partition coefficient (Wildman–Crippen LogP) is 2.81. The van der Waals surface area contributed by atoms with Crippen molar-refractivity contribution in [1.29, 1.82) is 0 Å². The number of aromatic nitrogens is 1. The number of fused-ring (bicyclic) bond motifs is 2. The second kappa shape index (κ2) is 3.37. The number of hydrogen-bond acceptors (Lipinski definition) is 2. The maximum Gasteiger partial charge on any atom is 0.201 e. The Balaban J connectivity index is 2.47. The number of ether oxygens (including phenoxy) is 1. The number of aryl methyl sites for hydroxylation is 1. The van der Waals surface area contributed by atoms with Gasteiger partial charge in [-0.3, -0.25) is 4.79 Å². The molecule has 0 radical (unpaired) electrons. The summed E-state index contributed by atoms with van der Waals surface area (Å²) in [6.45, 7) is 6.12. The molecule has 3 nitrogen and oxygen atoms in total. The summed E-state index contributed by atoms with van der Waals surface area (Å²) >= 11 is 0. The van der Waals surface area contributed by atoms with E-state index in [-0.39, 0.29) is 16.9 Å². The number of rotatable bonds is 0. The van der Waals surface area contributed by atoms with E-state index in [0.717, 1.165) is 22.3 Å². The van der Waals surface area contributed by atoms with E-state index in [1.807, 2.05) is 49.7 Å². The lowest BCUT2D eigenvalue weighted by Crippen LogP contribution is -2.29. The van der Waals surface area contributed by atoms with Gasteiger partial charge < -0.3 is 9.30 Å². The molecule has 0 unspecified atom stereocenters. The highest BCUT2D eigenvalue weighted by molar-refractivity contribution is 5.81. The maximum atomic E-state index is 12.6. The maximum absolute atomic E-state index is 12.6. The van der Waals surface area contributed by atoms with Crippen LogP contribution in [0, 0.1) is 0 Å². The molecular formula is C15H17NO2. The van der Waals surface area contributed by atoms with E-state index in [4.69, 9.17) is 4.74 Å². The first-order chi connectivity index (χ1) is 8.43. The molecule has 0 fully saturated rings. The number of pyridine rings is 1. The Hall–Kier alpha value is -1.77. The fraction of sp³-hybridized carbons (Fsp3) is 0.400. The molecule has 1 aromatic heterocycles. The summed E-state index contributed by atoms with van der Waals surface area (Å²) in [4.78, 5) is 12.6. The lowest BCUT2D eigenvalue weighted by molar-refractivity contribution is 0.107. The monoisotopic (exact) mass is 243 g/mol. The van der Waals surface area contributed by atoms with E-state index in [2.05, 4.69) is 6.92 Å². The molecule has 2 heterocycles. The van der Waals surface area contributed by atoms with Gasteiger partial charge in [-0.1, -0.05) is 19.1 Å². The minimum atomic E-state index is -0.323. The Kier molecular flexibility index (Phi) is 2.12. The van der Waals surface area contributed by atoms with Crippen molar-refractivity contribution in [2.45, 2.75) is 32.3 Å². The van der Waals surface area contributed by atoms with E-state index < -0.39 is 0 Å². The van der Waals surface area contributed by atoms with Crippen LogP contribution in [0.4, 0.5) is 0 Å². The molecule has 1 atom stereocenters. The number of para-hydroxylation sites is 1. The smallest absolute Gasteiger partial charge is 0.201 e. The third kappa shape index (κ3) is 1.27. The first kappa shape index (κ1) is 11.3. The highest BCUT2D eigenvalue weighted by Crippen LogP contribution is 2.43. The van der Waals surface area contributed by atoms with Crippen LogP contribution in [-0.2, 0) is 7.05 Å². The molecule has 0 bridgehead atoms. The molecule has 0 aliphatic carbocycles. The molecule has 0 N–H and O–H groups in total. The van der Waals surface area contributed by atoms with E-state index in [1.165, 1.54) is 0 Å². The van der Waals surface area contributed by atoms with Crippen LogP contribution in [0.25, 0.3) is 10.9 Å². The molecular weight excluding hydrogens is 226 g/mol. The number of nitrogens with zero attached hydrogens (tertiary/aromatic N) is 1. The van der Waals surface area contributed by atoms with Gasteiger partial charge in [0.05, 0.1) is 11.1 Å². The zero-order valence-electron chi connectivity index (χ0n) is 11.2. The van der Waals surface area contributed by atoms with Crippen molar-refractivity contribution in [3.05, 3.63) is 40.1 Å². The Morgan fingerprint density at radius 1 is 1.28 bits per heavy atom. The number of benzene rings is 1. The normalized spacial score (nSPS) is 20.8. The van der Waals surface area contributed by atoms with Gasteiger partial charge in [0.2, 0.25) is 5.88 Å². The molecule has 0 spiro atoms. The van der Waals surface area contributed by atoms with Crippen LogP contribution in [-0.4, -0.2) is 10.2 Å². The van der Waals surface area contributed by atoms with Crippen LogP contribution in [0.2, 0.25) is 0 Å². The van der Waals surface area contributed by atoms with Crippen molar-refractivity contribution in [2.75, 3.05) is 0 Å². The summed E-state index contributed by atoms with van der Waals surface area (Å²) < 4.78 is 7.97. The van der Waals surface area contributed by atoms with E-state index >= 15 is 0 Å². The predicted molar refractivity (Wildman–Crippen MR) is 72.3 cm³/mol. The van der Waals surface area contributed by atoms with Crippen molar-refractivity contribution in [3.8, 4) is 5.88 Å². The van der Waals surface area contributed by atoms with E-state index in [9.17, 15) is 4.79 Å². The first-order valence-corrected chi connectivity index (χ1v) is 6.24. The van der Waals surface area contributed by atoms with Gasteiger partial charge in [-0.05, 0) is 26.0 Å². The van der Waals surface area contributed by atoms with Crippen molar-refractivity contribution >= 4 is 10.9 Å². The highest BCUT2D eigenvalue weighted by atomic mass is 16.5. The molecule has 18 heavy (non-hydrogen) atoms. The van der Waals surface area contributed by atoms with Crippen LogP contribution < -0.4 is 10.2 Å². The van der Waals surface area contributed by atoms with E-state index in [1.54, 1.807) is 0 Å². The molecule has 0 saturated carbocycles. The van der Waals surface area contributed by atoms with Crippen LogP contribution in [0.5, 0.6) is 5.88 Å². The second-order valence-electron chi connectivity index (χ2n) is 5.55. The molecule has 1 aromatic carbocycles. The van der Waals surface area contributed by atoms with Gasteiger partial charge in [0.25, 0.3) is 0 Å². The van der Waals surface area contributed by atoms with Gasteiger partial charge in [0.1, 0.15) is 5.60 Å². The molecule has 0 saturated heterocycles. The van der Waals surface area contributed by atoms with Crippen LogP contribution in [0.15, 0.2) is 29.1 Å². The summed E-state index contributed by atoms with van der Waals surface area (Å²) in [5.41, 5.74) is 1.51. The highest BCUT2D eigenvalue weighted by Gasteiger charge is 2.41. The Morgan fingerprint density at radius 2 is 1.94 bits per heavy atom.